The third-order valence-electron chi connectivity index (χ3n) is 5.46. The van der Waals surface area contributed by atoms with Crippen LogP contribution < -0.4 is 10.1 Å². The number of nitrogens with one attached hydrogen (secondary N) is 1. The Labute approximate surface area is 206 Å². The fraction of sp³-hybridized carbons (Fsp3) is 0.440. The van der Waals surface area contributed by atoms with Crippen LogP contribution in [0.25, 0.3) is 0 Å². The van der Waals surface area contributed by atoms with E-state index in [2.05, 4.69) is 15.1 Å². The number of guanidine groups is 1. The fourth-order valence-electron chi connectivity index (χ4n) is 3.55. The number of piperazine rings is 1. The van der Waals surface area contributed by atoms with Gasteiger partial charge in [-0.2, -0.15) is 0 Å². The normalized spacial score (nSPS) is 14.8. The lowest BCUT2D eigenvalue weighted by Gasteiger charge is -2.36. The lowest BCUT2D eigenvalue weighted by atomic mass is 10.2. The first-order valence-electron chi connectivity index (χ1n) is 11.6. The molecule has 184 valence electrons. The summed E-state index contributed by atoms with van der Waals surface area (Å²) in [6, 6.07) is 14.1. The maximum absolute atomic E-state index is 11.1. The van der Waals surface area contributed by atoms with E-state index in [-0.39, 0.29) is 5.56 Å². The van der Waals surface area contributed by atoms with Crippen molar-refractivity contribution in [3.05, 3.63) is 59.1 Å². The summed E-state index contributed by atoms with van der Waals surface area (Å²) in [5.41, 5.74) is 1.07. The SMILES string of the molecule is CCOCCCN=C(Nc1ccc(C(=O)O)cc1)N1CCN(CCOc2ccc(Cl)cc2)CC1. The number of carboxylic acids is 1. The summed E-state index contributed by atoms with van der Waals surface area (Å²) >= 11 is 5.92. The highest BCUT2D eigenvalue weighted by Gasteiger charge is 2.20. The molecule has 0 saturated carbocycles. The molecule has 1 fully saturated rings. The molecule has 1 aliphatic rings. The molecule has 0 radical (unpaired) electrons. The van der Waals surface area contributed by atoms with E-state index in [1.807, 2.05) is 31.2 Å². The van der Waals surface area contributed by atoms with E-state index in [1.165, 1.54) is 0 Å². The van der Waals surface area contributed by atoms with E-state index in [0.29, 0.717) is 31.4 Å². The number of carboxylic acid groups (broad SMARTS) is 1. The van der Waals surface area contributed by atoms with Crippen molar-refractivity contribution in [3.8, 4) is 5.75 Å². The van der Waals surface area contributed by atoms with Crippen molar-refractivity contribution in [1.82, 2.24) is 9.80 Å². The molecule has 0 aliphatic carbocycles. The van der Waals surface area contributed by atoms with E-state index >= 15 is 0 Å². The topological polar surface area (TPSA) is 86.6 Å². The Balaban J connectivity index is 1.51. The van der Waals surface area contributed by atoms with Gasteiger partial charge in [-0.05, 0) is 61.9 Å². The second-order valence-electron chi connectivity index (χ2n) is 7.89. The molecule has 2 aromatic carbocycles. The number of nitrogens with zero attached hydrogens (tertiary/aromatic N) is 3. The quantitative estimate of drug-likeness (QED) is 0.281. The number of carbonyl (C=O) groups is 1. The van der Waals surface area contributed by atoms with Gasteiger partial charge in [0.2, 0.25) is 0 Å². The lowest BCUT2D eigenvalue weighted by Crippen LogP contribution is -2.51. The van der Waals surface area contributed by atoms with Gasteiger partial charge in [0.25, 0.3) is 0 Å². The third-order valence-corrected chi connectivity index (χ3v) is 5.71. The predicted molar refractivity (Wildman–Crippen MR) is 135 cm³/mol. The molecule has 0 bridgehead atoms. The molecule has 1 saturated heterocycles. The fourth-order valence-corrected chi connectivity index (χ4v) is 3.67. The van der Waals surface area contributed by atoms with Crippen LogP contribution in [-0.2, 0) is 4.74 Å². The molecule has 34 heavy (non-hydrogen) atoms. The van der Waals surface area contributed by atoms with E-state index in [1.54, 1.807) is 24.3 Å². The molecule has 9 heteroatoms. The van der Waals surface area contributed by atoms with E-state index in [0.717, 1.165) is 56.5 Å². The Morgan fingerprint density at radius 2 is 1.76 bits per heavy atom. The van der Waals surface area contributed by atoms with E-state index in [4.69, 9.17) is 31.2 Å². The molecule has 1 heterocycles. The second kappa shape index (κ2) is 13.8. The zero-order valence-electron chi connectivity index (χ0n) is 19.6. The van der Waals surface area contributed by atoms with Crippen molar-refractivity contribution >= 4 is 29.2 Å². The Bertz CT molecular complexity index is 914. The number of hydrogen-bond donors (Lipinski definition) is 2. The third kappa shape index (κ3) is 8.52. The summed E-state index contributed by atoms with van der Waals surface area (Å²) < 4.78 is 11.2. The predicted octanol–water partition coefficient (Wildman–Crippen LogP) is 3.93. The average molecular weight is 489 g/mol. The van der Waals surface area contributed by atoms with Gasteiger partial charge in [-0.1, -0.05) is 11.6 Å². The molecule has 0 amide bonds. The summed E-state index contributed by atoms with van der Waals surface area (Å²) in [5.74, 6) is 0.687. The standard InChI is InChI=1S/C25H33ClN4O4/c1-2-33-18-3-12-27-25(28-22-8-4-20(5-9-22)24(31)32)30-15-13-29(14-16-30)17-19-34-23-10-6-21(26)7-11-23/h4-11H,2-3,12-19H2,1H3,(H,27,28)(H,31,32). The van der Waals surface area contributed by atoms with Gasteiger partial charge in [-0.15, -0.1) is 0 Å². The second-order valence-corrected chi connectivity index (χ2v) is 8.33. The van der Waals surface area contributed by atoms with Crippen LogP contribution in [0.5, 0.6) is 5.75 Å². The monoisotopic (exact) mass is 488 g/mol. The molecule has 0 atom stereocenters. The average Bonchev–Trinajstić information content (AvgIpc) is 2.85. The smallest absolute Gasteiger partial charge is 0.335 e. The van der Waals surface area contributed by atoms with E-state index < -0.39 is 5.97 Å². The summed E-state index contributed by atoms with van der Waals surface area (Å²) in [7, 11) is 0. The van der Waals surface area contributed by atoms with Gasteiger partial charge in [0.05, 0.1) is 5.56 Å². The largest absolute Gasteiger partial charge is 0.492 e. The molecular formula is C25H33ClN4O4. The summed E-state index contributed by atoms with van der Waals surface area (Å²) in [6.07, 6.45) is 0.846. The highest BCUT2D eigenvalue weighted by Crippen LogP contribution is 2.16. The van der Waals surface area contributed by atoms with Crippen molar-refractivity contribution in [2.24, 2.45) is 4.99 Å². The number of rotatable bonds is 11. The first kappa shape index (κ1) is 25.8. The maximum Gasteiger partial charge on any atom is 0.335 e. The molecule has 0 aromatic heterocycles. The van der Waals surface area contributed by atoms with Gasteiger partial charge in [0.15, 0.2) is 5.96 Å². The van der Waals surface area contributed by atoms with Crippen molar-refractivity contribution in [2.45, 2.75) is 13.3 Å². The van der Waals surface area contributed by atoms with Crippen LogP contribution in [0, 0.1) is 0 Å². The Hall–Kier alpha value is -2.81. The molecule has 0 unspecified atom stereocenters. The van der Waals surface area contributed by atoms with Gasteiger partial charge < -0.3 is 24.8 Å². The Kier molecular flexibility index (Phi) is 10.5. The van der Waals surface area contributed by atoms with Crippen LogP contribution in [0.3, 0.4) is 0 Å². The number of aromatic carboxylic acids is 1. The zero-order valence-corrected chi connectivity index (χ0v) is 20.3. The molecular weight excluding hydrogens is 456 g/mol. The van der Waals surface area contributed by atoms with Gasteiger partial charge >= 0.3 is 5.97 Å². The molecule has 3 rings (SSSR count). The highest BCUT2D eigenvalue weighted by molar-refractivity contribution is 6.30. The van der Waals surface area contributed by atoms with Crippen molar-refractivity contribution in [3.63, 3.8) is 0 Å². The first-order chi connectivity index (χ1) is 16.5. The zero-order chi connectivity index (χ0) is 24.2. The lowest BCUT2D eigenvalue weighted by molar-refractivity contribution is 0.0697. The number of anilines is 1. The minimum Gasteiger partial charge on any atom is -0.492 e. The Morgan fingerprint density at radius 1 is 1.06 bits per heavy atom. The van der Waals surface area contributed by atoms with Crippen LogP contribution in [0.2, 0.25) is 5.02 Å². The van der Waals surface area contributed by atoms with Gasteiger partial charge in [-0.3, -0.25) is 9.89 Å². The van der Waals surface area contributed by atoms with E-state index in [9.17, 15) is 4.79 Å². The number of aliphatic imine (C=N–C) groups is 1. The minimum absolute atomic E-state index is 0.259. The molecule has 8 nitrogen and oxygen atoms in total. The molecule has 2 aromatic rings. The van der Waals surface area contributed by atoms with Gasteiger partial charge in [-0.25, -0.2) is 4.79 Å². The summed E-state index contributed by atoms with van der Waals surface area (Å²) in [5, 5.41) is 13.2. The molecule has 0 spiro atoms. The first-order valence-corrected chi connectivity index (χ1v) is 12.0. The van der Waals surface area contributed by atoms with Crippen LogP contribution in [-0.4, -0.2) is 85.9 Å². The van der Waals surface area contributed by atoms with Crippen LogP contribution in [0.1, 0.15) is 23.7 Å². The molecule has 2 N–H and O–H groups in total. The number of hydrogen-bond acceptors (Lipinski definition) is 5. The maximum atomic E-state index is 11.1. The number of benzene rings is 2. The van der Waals surface area contributed by atoms with Crippen molar-refractivity contribution < 1.29 is 19.4 Å². The van der Waals surface area contributed by atoms with Gasteiger partial charge in [0, 0.05) is 63.2 Å². The summed E-state index contributed by atoms with van der Waals surface area (Å²) in [4.78, 5) is 20.5. The number of halogens is 1. The van der Waals surface area contributed by atoms with Crippen molar-refractivity contribution in [2.75, 3.05) is 64.4 Å². The van der Waals surface area contributed by atoms with Gasteiger partial charge in [0.1, 0.15) is 12.4 Å². The highest BCUT2D eigenvalue weighted by atomic mass is 35.5. The van der Waals surface area contributed by atoms with Crippen LogP contribution in [0.15, 0.2) is 53.5 Å². The Morgan fingerprint density at radius 3 is 2.41 bits per heavy atom. The van der Waals surface area contributed by atoms with Crippen molar-refractivity contribution in [1.29, 1.82) is 0 Å². The minimum atomic E-state index is -0.937. The summed E-state index contributed by atoms with van der Waals surface area (Å²) in [6.45, 7) is 8.98. The van der Waals surface area contributed by atoms with Crippen LogP contribution in [0.4, 0.5) is 5.69 Å². The number of ether oxygens (including phenoxy) is 2. The van der Waals surface area contributed by atoms with Crippen LogP contribution >= 0.6 is 11.6 Å². The molecule has 1 aliphatic heterocycles.